The van der Waals surface area contributed by atoms with E-state index in [-0.39, 0.29) is 60.2 Å². The van der Waals surface area contributed by atoms with E-state index in [1.54, 1.807) is 0 Å². The summed E-state index contributed by atoms with van der Waals surface area (Å²) in [6.07, 6.45) is 0. The third-order valence-electron chi connectivity index (χ3n) is 1.55. The summed E-state index contributed by atoms with van der Waals surface area (Å²) in [6, 6.07) is 14.7. The van der Waals surface area contributed by atoms with Crippen LogP contribution in [0.3, 0.4) is 0 Å². The summed E-state index contributed by atoms with van der Waals surface area (Å²) in [5, 5.41) is 2.66. The third kappa shape index (κ3) is 3.20. The molecule has 0 amide bonds. The maximum absolute atomic E-state index is 2.12. The van der Waals surface area contributed by atoms with E-state index in [2.05, 4.69) is 42.5 Å². The normalized spacial score (nSPS) is 7.67. The average Bonchev–Trinajstić information content (AvgIpc) is 2.33. The van der Waals surface area contributed by atoms with Gasteiger partial charge in [-0.2, -0.15) is 17.5 Å². The Kier molecular flexibility index (Phi) is 8.99. The van der Waals surface area contributed by atoms with Gasteiger partial charge in [-0.3, -0.25) is 0 Å². The van der Waals surface area contributed by atoms with Gasteiger partial charge in [0.1, 0.15) is 0 Å². The quantitative estimate of drug-likeness (QED) is 0.426. The van der Waals surface area contributed by atoms with E-state index in [9.17, 15) is 0 Å². The summed E-state index contributed by atoms with van der Waals surface area (Å²) >= 11 is 0. The molecule has 0 N–H and O–H groups in total. The van der Waals surface area contributed by atoms with Gasteiger partial charge in [0, 0.05) is 0 Å². The van der Waals surface area contributed by atoms with Gasteiger partial charge in [0.2, 0.25) is 0 Å². The molecule has 0 unspecified atom stereocenters. The van der Waals surface area contributed by atoms with Crippen molar-refractivity contribution in [3.8, 4) is 0 Å². The van der Waals surface area contributed by atoms with E-state index < -0.39 is 0 Å². The first-order chi connectivity index (χ1) is 4.47. The molecule has 0 aromatic heterocycles. The third-order valence-corrected chi connectivity index (χ3v) is 1.55. The molecule has 3 heteroatoms. The van der Waals surface area contributed by atoms with Gasteiger partial charge in [-0.1, -0.05) is 6.07 Å². The standard InChI is InChI=1S/C9H7.2BrH.Zr/c1-2-5-9-7-3-6-8(9)4-1;;;/h1-7H;2*1H;/q-1;;;+3/p-2. The van der Waals surface area contributed by atoms with Crippen LogP contribution in [0.4, 0.5) is 0 Å². The first kappa shape index (κ1) is 15.2. The van der Waals surface area contributed by atoms with Gasteiger partial charge in [0.05, 0.1) is 0 Å². The molecule has 0 fully saturated rings. The van der Waals surface area contributed by atoms with Crippen LogP contribution < -0.4 is 34.0 Å². The molecule has 0 aliphatic heterocycles. The van der Waals surface area contributed by atoms with E-state index in [1.165, 1.54) is 10.8 Å². The van der Waals surface area contributed by atoms with Crippen LogP contribution in [-0.2, 0) is 26.2 Å². The van der Waals surface area contributed by atoms with Crippen molar-refractivity contribution in [2.45, 2.75) is 0 Å². The molecule has 0 nitrogen and oxygen atoms in total. The Labute approximate surface area is 112 Å². The zero-order chi connectivity index (χ0) is 6.10. The van der Waals surface area contributed by atoms with Crippen LogP contribution in [0.15, 0.2) is 42.5 Å². The summed E-state index contributed by atoms with van der Waals surface area (Å²) in [4.78, 5) is 0. The summed E-state index contributed by atoms with van der Waals surface area (Å²) in [7, 11) is 0. The van der Waals surface area contributed by atoms with Crippen LogP contribution in [-0.4, -0.2) is 0 Å². The van der Waals surface area contributed by atoms with Crippen LogP contribution in [0.2, 0.25) is 0 Å². The van der Waals surface area contributed by atoms with E-state index in [0.717, 1.165) is 0 Å². The Balaban J connectivity index is 0. The van der Waals surface area contributed by atoms with Crippen molar-refractivity contribution >= 4 is 10.8 Å². The number of halogens is 2. The van der Waals surface area contributed by atoms with Gasteiger partial charge < -0.3 is 34.0 Å². The van der Waals surface area contributed by atoms with Gasteiger partial charge in [0.15, 0.2) is 0 Å². The Morgan fingerprint density at radius 2 is 1.58 bits per heavy atom. The predicted molar refractivity (Wildman–Crippen MR) is 39.5 cm³/mol. The van der Waals surface area contributed by atoms with Crippen LogP contribution >= 0.6 is 0 Å². The molecule has 0 aliphatic carbocycles. The molecule has 0 aliphatic rings. The molecule has 0 saturated carbocycles. The molecular formula is C9H7Br2Zr. The fourth-order valence-corrected chi connectivity index (χ4v) is 1.07. The van der Waals surface area contributed by atoms with Crippen molar-refractivity contribution < 1.29 is 60.2 Å². The minimum absolute atomic E-state index is 0. The topological polar surface area (TPSA) is 0 Å². The average molecular weight is 366 g/mol. The molecule has 0 saturated heterocycles. The first-order valence-electron chi connectivity index (χ1n) is 3.07. The van der Waals surface area contributed by atoms with Crippen molar-refractivity contribution in [2.24, 2.45) is 0 Å². The summed E-state index contributed by atoms with van der Waals surface area (Å²) in [5.41, 5.74) is 0. The largest absolute Gasteiger partial charge is 3.00 e. The second-order valence-corrected chi connectivity index (χ2v) is 2.15. The van der Waals surface area contributed by atoms with Crippen LogP contribution in [0, 0.1) is 0 Å². The molecule has 2 aromatic carbocycles. The van der Waals surface area contributed by atoms with Crippen molar-refractivity contribution in [1.29, 1.82) is 0 Å². The van der Waals surface area contributed by atoms with Gasteiger partial charge in [-0.05, 0) is 0 Å². The molecule has 0 bridgehead atoms. The van der Waals surface area contributed by atoms with Crippen molar-refractivity contribution in [3.63, 3.8) is 0 Å². The number of fused-ring (bicyclic) bond motifs is 1. The maximum Gasteiger partial charge on any atom is 3.00 e. The smallest absolute Gasteiger partial charge is 1.00 e. The monoisotopic (exact) mass is 363 g/mol. The SMILES string of the molecule is [Br-].[Br-].[Zr+3].c1ccc2[cH-]ccc2c1. The Hall–Kier alpha value is 0.673. The van der Waals surface area contributed by atoms with Crippen LogP contribution in [0.5, 0.6) is 0 Å². The Morgan fingerprint density at radius 3 is 2.25 bits per heavy atom. The first-order valence-corrected chi connectivity index (χ1v) is 3.07. The van der Waals surface area contributed by atoms with Crippen LogP contribution in [0.25, 0.3) is 10.8 Å². The number of rotatable bonds is 0. The Bertz CT molecular complexity index is 287. The molecular weight excluding hydrogens is 359 g/mol. The fourth-order valence-electron chi connectivity index (χ4n) is 1.07. The summed E-state index contributed by atoms with van der Waals surface area (Å²) in [6.45, 7) is 0. The van der Waals surface area contributed by atoms with E-state index in [4.69, 9.17) is 0 Å². The summed E-state index contributed by atoms with van der Waals surface area (Å²) < 4.78 is 0. The van der Waals surface area contributed by atoms with Gasteiger partial charge in [-0.15, -0.1) is 29.7 Å². The molecule has 2 aromatic rings. The fraction of sp³-hybridized carbons (Fsp3) is 0. The minimum Gasteiger partial charge on any atom is -1.00 e. The van der Waals surface area contributed by atoms with Crippen molar-refractivity contribution in [1.82, 2.24) is 0 Å². The predicted octanol–water partition coefficient (Wildman–Crippen LogP) is -3.44. The minimum atomic E-state index is 0. The van der Waals surface area contributed by atoms with Crippen molar-refractivity contribution in [2.75, 3.05) is 0 Å². The molecule has 2 rings (SSSR count). The van der Waals surface area contributed by atoms with E-state index >= 15 is 0 Å². The maximum atomic E-state index is 2.12. The second-order valence-electron chi connectivity index (χ2n) is 2.15. The van der Waals surface area contributed by atoms with Crippen molar-refractivity contribution in [3.05, 3.63) is 42.5 Å². The van der Waals surface area contributed by atoms with E-state index in [0.29, 0.717) is 0 Å². The van der Waals surface area contributed by atoms with Gasteiger partial charge in [0.25, 0.3) is 0 Å². The molecule has 1 radical (unpaired) electrons. The van der Waals surface area contributed by atoms with Crippen LogP contribution in [0.1, 0.15) is 0 Å². The zero-order valence-corrected chi connectivity index (χ0v) is 11.9. The van der Waals surface area contributed by atoms with Gasteiger partial charge in [-0.25, -0.2) is 0 Å². The zero-order valence-electron chi connectivity index (χ0n) is 6.30. The van der Waals surface area contributed by atoms with Gasteiger partial charge >= 0.3 is 26.2 Å². The molecule has 61 valence electrons. The summed E-state index contributed by atoms with van der Waals surface area (Å²) in [5.74, 6) is 0. The molecule has 0 atom stereocenters. The molecule has 0 spiro atoms. The molecule has 0 heterocycles. The second kappa shape index (κ2) is 7.11. The Morgan fingerprint density at radius 1 is 0.917 bits per heavy atom. The number of hydrogen-bond acceptors (Lipinski definition) is 0. The number of hydrogen-bond donors (Lipinski definition) is 0. The van der Waals surface area contributed by atoms with E-state index in [1.807, 2.05) is 0 Å². The molecule has 12 heavy (non-hydrogen) atoms. The number of benzene rings is 1.